The number of rotatable bonds is 3. The van der Waals surface area contributed by atoms with Gasteiger partial charge in [-0.05, 0) is 5.56 Å². The van der Waals surface area contributed by atoms with Gasteiger partial charge in [0, 0.05) is 7.05 Å². The Morgan fingerprint density at radius 3 is 2.60 bits per heavy atom. The zero-order valence-corrected chi connectivity index (χ0v) is 5.95. The first-order valence-electron chi connectivity index (χ1n) is 3.18. The molecule has 10 heavy (non-hydrogen) atoms. The van der Waals surface area contributed by atoms with E-state index < -0.39 is 0 Å². The number of nitrogens with zero attached hydrogens (tertiary/aromatic N) is 1. The van der Waals surface area contributed by atoms with Crippen LogP contribution < -0.4 is 5.48 Å². The third kappa shape index (κ3) is 2.17. The first-order valence-corrected chi connectivity index (χ1v) is 3.18. The predicted molar refractivity (Wildman–Crippen MR) is 39.3 cm³/mol. The smallest absolute Gasteiger partial charge is 0.0953 e. The van der Waals surface area contributed by atoms with Gasteiger partial charge in [-0.1, -0.05) is 30.3 Å². The summed E-state index contributed by atoms with van der Waals surface area (Å²) < 4.78 is 0. The van der Waals surface area contributed by atoms with Gasteiger partial charge < -0.3 is 0 Å². The summed E-state index contributed by atoms with van der Waals surface area (Å²) in [5.74, 6) is 0. The normalized spacial score (nSPS) is 9.70. The molecule has 53 valence electrons. The SMILES string of the molecule is C[N]OCc1ccccc1. The summed E-state index contributed by atoms with van der Waals surface area (Å²) in [5.41, 5.74) is 4.68. The van der Waals surface area contributed by atoms with E-state index in [-0.39, 0.29) is 0 Å². The average Bonchev–Trinajstić information content (AvgIpc) is 2.03. The van der Waals surface area contributed by atoms with E-state index in [1.54, 1.807) is 7.05 Å². The molecule has 2 nitrogen and oxygen atoms in total. The Morgan fingerprint density at radius 1 is 1.30 bits per heavy atom. The van der Waals surface area contributed by atoms with Crippen molar-refractivity contribution >= 4 is 0 Å². The Balaban J connectivity index is 2.43. The highest BCUT2D eigenvalue weighted by Crippen LogP contribution is 1.98. The maximum atomic E-state index is 4.84. The van der Waals surface area contributed by atoms with E-state index in [0.717, 1.165) is 5.56 Å². The molecule has 0 saturated carbocycles. The van der Waals surface area contributed by atoms with Crippen molar-refractivity contribution in [1.29, 1.82) is 0 Å². The van der Waals surface area contributed by atoms with Crippen molar-refractivity contribution in [2.45, 2.75) is 6.61 Å². The summed E-state index contributed by atoms with van der Waals surface area (Å²) in [6, 6.07) is 9.95. The average molecular weight is 136 g/mol. The van der Waals surface area contributed by atoms with Crippen molar-refractivity contribution in [2.24, 2.45) is 0 Å². The lowest BCUT2D eigenvalue weighted by Gasteiger charge is -1.97. The van der Waals surface area contributed by atoms with Gasteiger partial charge in [0.05, 0.1) is 6.61 Å². The summed E-state index contributed by atoms with van der Waals surface area (Å²) in [6.07, 6.45) is 0. The van der Waals surface area contributed by atoms with Crippen LogP contribution >= 0.6 is 0 Å². The van der Waals surface area contributed by atoms with Gasteiger partial charge in [-0.15, -0.1) is 5.48 Å². The minimum absolute atomic E-state index is 0.567. The molecule has 0 N–H and O–H groups in total. The maximum Gasteiger partial charge on any atom is 0.0953 e. The van der Waals surface area contributed by atoms with E-state index in [9.17, 15) is 0 Å². The summed E-state index contributed by atoms with van der Waals surface area (Å²) in [5, 5.41) is 0. The second-order valence-electron chi connectivity index (χ2n) is 1.94. The Labute approximate surface area is 60.8 Å². The number of benzene rings is 1. The molecule has 0 saturated heterocycles. The molecular formula is C8H10NO. The van der Waals surface area contributed by atoms with Gasteiger partial charge in [-0.3, -0.25) is 4.84 Å². The van der Waals surface area contributed by atoms with Crippen molar-refractivity contribution in [3.63, 3.8) is 0 Å². The molecule has 1 radical (unpaired) electrons. The minimum atomic E-state index is 0.567. The molecule has 0 unspecified atom stereocenters. The lowest BCUT2D eigenvalue weighted by atomic mass is 10.2. The van der Waals surface area contributed by atoms with Gasteiger partial charge in [0.1, 0.15) is 0 Å². The summed E-state index contributed by atoms with van der Waals surface area (Å²) in [7, 11) is 1.63. The lowest BCUT2D eigenvalue weighted by molar-refractivity contribution is 0.0366. The quantitative estimate of drug-likeness (QED) is 0.575. The van der Waals surface area contributed by atoms with Gasteiger partial charge >= 0.3 is 0 Å². The maximum absolute atomic E-state index is 4.84. The molecule has 1 aromatic carbocycles. The molecule has 0 aromatic heterocycles. The van der Waals surface area contributed by atoms with Crippen LogP contribution in [0.4, 0.5) is 0 Å². The standard InChI is InChI=1S/C8H10NO/c1-9-10-7-8-5-3-2-4-6-8/h2-6H,7H2,1H3. The fourth-order valence-corrected chi connectivity index (χ4v) is 0.713. The molecule has 1 rings (SSSR count). The first kappa shape index (κ1) is 7.25. The zero-order valence-electron chi connectivity index (χ0n) is 5.95. The van der Waals surface area contributed by atoms with E-state index in [2.05, 4.69) is 5.48 Å². The highest BCUT2D eigenvalue weighted by atomic mass is 16.6. The van der Waals surface area contributed by atoms with Crippen LogP contribution in [0.25, 0.3) is 0 Å². The molecule has 0 heterocycles. The molecular weight excluding hydrogens is 126 g/mol. The van der Waals surface area contributed by atoms with Gasteiger partial charge in [0.15, 0.2) is 0 Å². The van der Waals surface area contributed by atoms with Crippen molar-refractivity contribution < 1.29 is 4.84 Å². The number of hydroxylamine groups is 1. The molecule has 0 aliphatic heterocycles. The topological polar surface area (TPSA) is 23.3 Å². The Bertz CT molecular complexity index is 174. The molecule has 0 fully saturated rings. The molecule has 2 heteroatoms. The van der Waals surface area contributed by atoms with Gasteiger partial charge in [0.25, 0.3) is 0 Å². The molecule has 0 aliphatic carbocycles. The fraction of sp³-hybridized carbons (Fsp3) is 0.250. The van der Waals surface area contributed by atoms with E-state index >= 15 is 0 Å². The molecule has 0 spiro atoms. The van der Waals surface area contributed by atoms with E-state index in [0.29, 0.717) is 6.61 Å². The zero-order chi connectivity index (χ0) is 7.23. The number of hydrogen-bond acceptors (Lipinski definition) is 1. The van der Waals surface area contributed by atoms with Crippen molar-refractivity contribution in [3.05, 3.63) is 35.9 Å². The fourth-order valence-electron chi connectivity index (χ4n) is 0.713. The van der Waals surface area contributed by atoms with Crippen LogP contribution in [0.3, 0.4) is 0 Å². The summed E-state index contributed by atoms with van der Waals surface area (Å²) in [6.45, 7) is 0.567. The van der Waals surface area contributed by atoms with Gasteiger partial charge in [0.2, 0.25) is 0 Å². The Kier molecular flexibility index (Phi) is 2.93. The molecule has 1 aromatic rings. The summed E-state index contributed by atoms with van der Waals surface area (Å²) >= 11 is 0. The van der Waals surface area contributed by atoms with Gasteiger partial charge in [-0.2, -0.15) is 0 Å². The minimum Gasteiger partial charge on any atom is -0.278 e. The predicted octanol–water partition coefficient (Wildman–Crippen LogP) is 1.35. The van der Waals surface area contributed by atoms with Crippen molar-refractivity contribution in [1.82, 2.24) is 5.48 Å². The van der Waals surface area contributed by atoms with Crippen LogP contribution in [0.15, 0.2) is 30.3 Å². The molecule has 0 atom stereocenters. The highest BCUT2D eigenvalue weighted by molar-refractivity contribution is 5.13. The third-order valence-electron chi connectivity index (χ3n) is 1.20. The largest absolute Gasteiger partial charge is 0.278 e. The first-order chi connectivity index (χ1) is 4.93. The van der Waals surface area contributed by atoms with E-state index in [1.165, 1.54) is 0 Å². The van der Waals surface area contributed by atoms with Crippen LogP contribution in [0.1, 0.15) is 5.56 Å². The van der Waals surface area contributed by atoms with Crippen molar-refractivity contribution in [2.75, 3.05) is 7.05 Å². The van der Waals surface area contributed by atoms with Crippen LogP contribution in [-0.4, -0.2) is 7.05 Å². The number of hydrogen-bond donors (Lipinski definition) is 0. The van der Waals surface area contributed by atoms with Crippen LogP contribution in [0.2, 0.25) is 0 Å². The third-order valence-corrected chi connectivity index (χ3v) is 1.20. The van der Waals surface area contributed by atoms with E-state index in [4.69, 9.17) is 4.84 Å². The highest BCUT2D eigenvalue weighted by Gasteiger charge is 1.87. The second kappa shape index (κ2) is 4.04. The van der Waals surface area contributed by atoms with Crippen LogP contribution in [0.5, 0.6) is 0 Å². The monoisotopic (exact) mass is 136 g/mol. The summed E-state index contributed by atoms with van der Waals surface area (Å²) in [4.78, 5) is 4.84. The second-order valence-corrected chi connectivity index (χ2v) is 1.94. The van der Waals surface area contributed by atoms with Crippen molar-refractivity contribution in [3.8, 4) is 0 Å². The van der Waals surface area contributed by atoms with Gasteiger partial charge in [-0.25, -0.2) is 0 Å². The Morgan fingerprint density at radius 2 is 2.00 bits per heavy atom. The Hall–Kier alpha value is -0.860. The molecule has 0 aliphatic rings. The molecule has 0 amide bonds. The van der Waals surface area contributed by atoms with E-state index in [1.807, 2.05) is 30.3 Å². The molecule has 0 bridgehead atoms. The van der Waals surface area contributed by atoms with Crippen LogP contribution in [-0.2, 0) is 11.4 Å². The lowest BCUT2D eigenvalue weighted by Crippen LogP contribution is -1.98. The van der Waals surface area contributed by atoms with Crippen LogP contribution in [0, 0.1) is 0 Å².